The first kappa shape index (κ1) is 19.6. The van der Waals surface area contributed by atoms with Crippen LogP contribution in [0.2, 0.25) is 0 Å². The number of carbonyl (C=O) groups is 1. The maximum absolute atomic E-state index is 13.3. The van der Waals surface area contributed by atoms with Gasteiger partial charge in [-0.3, -0.25) is 9.48 Å². The zero-order chi connectivity index (χ0) is 21.3. The molecule has 6 nitrogen and oxygen atoms in total. The number of methoxy groups -OCH3 is 1. The number of fused-ring (bicyclic) bond motifs is 1. The number of amides is 1. The van der Waals surface area contributed by atoms with Crippen LogP contribution in [0.1, 0.15) is 34.6 Å². The number of hydrogen-bond donors (Lipinski definition) is 1. The van der Waals surface area contributed by atoms with Gasteiger partial charge in [-0.05, 0) is 37.6 Å². The molecule has 0 saturated heterocycles. The van der Waals surface area contributed by atoms with Gasteiger partial charge in [0.2, 0.25) is 0 Å². The average Bonchev–Trinajstić information content (AvgIpc) is 3.07. The molecule has 0 aliphatic carbocycles. The molecule has 0 radical (unpaired) electrons. The molecule has 2 aromatic carbocycles. The molecule has 2 heterocycles. The Kier molecular flexibility index (Phi) is 5.23. The molecule has 0 unspecified atom stereocenters. The summed E-state index contributed by atoms with van der Waals surface area (Å²) in [7, 11) is 3.47. The fourth-order valence-corrected chi connectivity index (χ4v) is 3.65. The van der Waals surface area contributed by atoms with Crippen LogP contribution in [0.3, 0.4) is 0 Å². The van der Waals surface area contributed by atoms with E-state index in [4.69, 9.17) is 9.72 Å². The lowest BCUT2D eigenvalue weighted by Gasteiger charge is -2.15. The molecule has 4 rings (SSSR count). The highest BCUT2D eigenvalue weighted by atomic mass is 16.5. The summed E-state index contributed by atoms with van der Waals surface area (Å²) < 4.78 is 7.06. The van der Waals surface area contributed by atoms with Crippen molar-refractivity contribution in [1.29, 1.82) is 0 Å². The predicted molar refractivity (Wildman–Crippen MR) is 118 cm³/mol. The van der Waals surface area contributed by atoms with E-state index in [1.165, 1.54) is 0 Å². The van der Waals surface area contributed by atoms with Gasteiger partial charge in [0.15, 0.2) is 5.65 Å². The molecule has 0 fully saturated rings. The highest BCUT2D eigenvalue weighted by molar-refractivity contribution is 6.07. The number of nitrogens with zero attached hydrogens (tertiary/aromatic N) is 3. The van der Waals surface area contributed by atoms with Crippen LogP contribution in [0.25, 0.3) is 22.3 Å². The fourth-order valence-electron chi connectivity index (χ4n) is 3.65. The number of hydrogen-bond acceptors (Lipinski definition) is 4. The monoisotopic (exact) mass is 400 g/mol. The molecule has 0 aliphatic rings. The maximum atomic E-state index is 13.3. The zero-order valence-electron chi connectivity index (χ0n) is 17.5. The van der Waals surface area contributed by atoms with Gasteiger partial charge in [-0.1, -0.05) is 42.5 Å². The SMILES string of the molecule is COc1cccc(-c2cc(C(=O)N[C@H](C)c3ccccc3)c3c(C)nn(C)c3n2)c1. The molecular formula is C24H24N4O2. The summed E-state index contributed by atoms with van der Waals surface area (Å²) in [6, 6.07) is 19.3. The number of aromatic nitrogens is 3. The van der Waals surface area contributed by atoms with E-state index in [-0.39, 0.29) is 11.9 Å². The van der Waals surface area contributed by atoms with Gasteiger partial charge in [-0.25, -0.2) is 4.98 Å². The largest absolute Gasteiger partial charge is 0.497 e. The van der Waals surface area contributed by atoms with Crippen LogP contribution in [0, 0.1) is 6.92 Å². The minimum absolute atomic E-state index is 0.126. The van der Waals surface area contributed by atoms with Gasteiger partial charge in [-0.2, -0.15) is 5.10 Å². The fraction of sp³-hybridized carbons (Fsp3) is 0.208. The number of carbonyl (C=O) groups excluding carboxylic acids is 1. The molecule has 0 bridgehead atoms. The lowest BCUT2D eigenvalue weighted by Crippen LogP contribution is -2.27. The zero-order valence-corrected chi connectivity index (χ0v) is 17.5. The van der Waals surface area contributed by atoms with E-state index >= 15 is 0 Å². The number of aryl methyl sites for hydroxylation is 2. The van der Waals surface area contributed by atoms with E-state index in [1.54, 1.807) is 11.8 Å². The normalized spacial score (nSPS) is 12.0. The summed E-state index contributed by atoms with van der Waals surface area (Å²) in [5, 5.41) is 8.37. The lowest BCUT2D eigenvalue weighted by molar-refractivity contribution is 0.0941. The third-order valence-electron chi connectivity index (χ3n) is 5.23. The Labute approximate surface area is 175 Å². The Hall–Kier alpha value is -3.67. The second-order valence-electron chi connectivity index (χ2n) is 7.30. The molecule has 1 N–H and O–H groups in total. The quantitative estimate of drug-likeness (QED) is 0.538. The van der Waals surface area contributed by atoms with Gasteiger partial charge in [0, 0.05) is 12.6 Å². The van der Waals surface area contributed by atoms with E-state index in [1.807, 2.05) is 81.6 Å². The summed E-state index contributed by atoms with van der Waals surface area (Å²) >= 11 is 0. The van der Waals surface area contributed by atoms with Gasteiger partial charge in [0.25, 0.3) is 5.91 Å². The van der Waals surface area contributed by atoms with Gasteiger partial charge < -0.3 is 10.1 Å². The van der Waals surface area contributed by atoms with Crippen molar-refractivity contribution in [1.82, 2.24) is 20.1 Å². The van der Waals surface area contributed by atoms with E-state index in [0.29, 0.717) is 16.9 Å². The van der Waals surface area contributed by atoms with Crippen molar-refractivity contribution >= 4 is 16.9 Å². The minimum Gasteiger partial charge on any atom is -0.497 e. The van der Waals surface area contributed by atoms with Gasteiger partial charge in [0.1, 0.15) is 5.75 Å². The molecule has 2 aromatic heterocycles. The molecule has 152 valence electrons. The van der Waals surface area contributed by atoms with E-state index in [0.717, 1.165) is 28.0 Å². The van der Waals surface area contributed by atoms with Crippen LogP contribution in [-0.4, -0.2) is 27.8 Å². The Bertz CT molecular complexity index is 1210. The molecule has 0 aliphatic heterocycles. The van der Waals surface area contributed by atoms with Crippen LogP contribution in [0.4, 0.5) is 0 Å². The first-order valence-electron chi connectivity index (χ1n) is 9.82. The van der Waals surface area contributed by atoms with E-state index < -0.39 is 0 Å². The lowest BCUT2D eigenvalue weighted by atomic mass is 10.0. The Morgan fingerprint density at radius 3 is 2.60 bits per heavy atom. The van der Waals surface area contributed by atoms with Crippen molar-refractivity contribution in [3.63, 3.8) is 0 Å². The molecule has 1 atom stereocenters. The van der Waals surface area contributed by atoms with Crippen LogP contribution < -0.4 is 10.1 Å². The van der Waals surface area contributed by atoms with Crippen molar-refractivity contribution in [2.75, 3.05) is 7.11 Å². The minimum atomic E-state index is -0.154. The second kappa shape index (κ2) is 7.99. The number of ether oxygens (including phenoxy) is 1. The Morgan fingerprint density at radius 2 is 1.87 bits per heavy atom. The molecular weight excluding hydrogens is 376 g/mol. The molecule has 30 heavy (non-hydrogen) atoms. The Balaban J connectivity index is 1.80. The van der Waals surface area contributed by atoms with Crippen molar-refractivity contribution in [3.05, 3.63) is 77.5 Å². The topological polar surface area (TPSA) is 69.0 Å². The van der Waals surface area contributed by atoms with Crippen LogP contribution >= 0.6 is 0 Å². The smallest absolute Gasteiger partial charge is 0.252 e. The summed E-state index contributed by atoms with van der Waals surface area (Å²) in [6.45, 7) is 3.87. The van der Waals surface area contributed by atoms with Crippen LogP contribution in [0.5, 0.6) is 5.75 Å². The molecule has 0 spiro atoms. The second-order valence-corrected chi connectivity index (χ2v) is 7.30. The maximum Gasteiger partial charge on any atom is 0.252 e. The standard InChI is InChI=1S/C24H24N4O2/c1-15(17-9-6-5-7-10-17)25-24(29)20-14-21(18-11-8-12-19(13-18)30-4)26-23-22(20)16(2)27-28(23)3/h5-15H,1-4H3,(H,25,29)/t15-/m1/s1. The van der Waals surface area contributed by atoms with Gasteiger partial charge >= 0.3 is 0 Å². The first-order valence-corrected chi connectivity index (χ1v) is 9.82. The summed E-state index contributed by atoms with van der Waals surface area (Å²) in [5.74, 6) is 0.582. The number of pyridine rings is 1. The van der Waals surface area contributed by atoms with Gasteiger partial charge in [-0.15, -0.1) is 0 Å². The molecule has 6 heteroatoms. The van der Waals surface area contributed by atoms with Gasteiger partial charge in [0.05, 0.1) is 35.5 Å². The molecule has 1 amide bonds. The Morgan fingerprint density at radius 1 is 1.10 bits per heavy atom. The third kappa shape index (κ3) is 3.64. The van der Waals surface area contributed by atoms with Crippen LogP contribution in [-0.2, 0) is 7.05 Å². The van der Waals surface area contributed by atoms with Crippen molar-refractivity contribution < 1.29 is 9.53 Å². The van der Waals surface area contributed by atoms with E-state index in [9.17, 15) is 4.79 Å². The van der Waals surface area contributed by atoms with E-state index in [2.05, 4.69) is 10.4 Å². The summed E-state index contributed by atoms with van der Waals surface area (Å²) in [4.78, 5) is 18.1. The van der Waals surface area contributed by atoms with Crippen molar-refractivity contribution in [2.24, 2.45) is 7.05 Å². The van der Waals surface area contributed by atoms with Crippen molar-refractivity contribution in [2.45, 2.75) is 19.9 Å². The first-order chi connectivity index (χ1) is 14.5. The van der Waals surface area contributed by atoms with Crippen molar-refractivity contribution in [3.8, 4) is 17.0 Å². The highest BCUT2D eigenvalue weighted by Crippen LogP contribution is 2.29. The number of nitrogens with one attached hydrogen (secondary N) is 1. The summed E-state index contributed by atoms with van der Waals surface area (Å²) in [6.07, 6.45) is 0. The highest BCUT2D eigenvalue weighted by Gasteiger charge is 2.21. The number of rotatable bonds is 5. The third-order valence-corrected chi connectivity index (χ3v) is 5.23. The molecule has 4 aromatic rings. The predicted octanol–water partition coefficient (Wildman–Crippen LogP) is 4.44. The summed E-state index contributed by atoms with van der Waals surface area (Å²) in [5.41, 5.74) is 4.63. The average molecular weight is 400 g/mol. The molecule has 0 saturated carbocycles. The number of benzene rings is 2. The van der Waals surface area contributed by atoms with Crippen LogP contribution in [0.15, 0.2) is 60.7 Å².